The van der Waals surface area contributed by atoms with Crippen LogP contribution in [0.1, 0.15) is 43.0 Å². The van der Waals surface area contributed by atoms with Crippen LogP contribution in [0.4, 0.5) is 96.7 Å². The van der Waals surface area contributed by atoms with E-state index in [9.17, 15) is 54.8 Å². The number of hydrogen-bond donors (Lipinski definition) is 0. The van der Waals surface area contributed by atoms with Gasteiger partial charge in [0, 0.05) is 269 Å². The summed E-state index contributed by atoms with van der Waals surface area (Å²) in [5.41, 5.74) is 20.0. The highest BCUT2D eigenvalue weighted by molar-refractivity contribution is 8.00. The van der Waals surface area contributed by atoms with E-state index in [0.29, 0.717) is 27.6 Å². The van der Waals surface area contributed by atoms with Crippen LogP contribution in [0.5, 0.6) is 0 Å². The van der Waals surface area contributed by atoms with Crippen molar-refractivity contribution in [2.75, 3.05) is 162 Å². The lowest BCUT2D eigenvalue weighted by Crippen LogP contribution is -3.00. The van der Waals surface area contributed by atoms with Gasteiger partial charge in [0.25, 0.3) is 22.7 Å². The Morgan fingerprint density at radius 1 is 0.308 bits per heavy atom. The first-order chi connectivity index (χ1) is 61.3. The number of rotatable bonds is 11. The van der Waals surface area contributed by atoms with E-state index in [0.717, 1.165) is 115 Å². The molecule has 0 atom stereocenters. The number of carbonyl (C=O) groups excluding carboxylic acids is 3. The zero-order valence-corrected chi connectivity index (χ0v) is 80.8. The SMILES string of the molecule is CC(=O)N1c2ccc(N(C)C)cc2Sc2cc(N(C)C)ccc21.CC(=O)N1c2ccc(N(C)C)cc2Sc2cc(N(C)C)ccc21.CC(=O)N1c2ccc([N+](=O)[O-])cc2Sc2cc([N+](=O)[O-])ccc21.CN(C)c1ccc2c(c1)Sc1cc(N(C)C)ccc1C2.CN(C)c1ccc2nc3ccc(=[N+](C)C)cc-3sc2c1.O=[N+]([O-])c1ccc2c(c1)Sc1cc([N+](=O)[O-])ccc1C2.[Cl-]. The molecule has 670 valence electrons. The molecule has 27 nitrogen and oxygen atoms in total. The van der Waals surface area contributed by atoms with Gasteiger partial charge in [-0.05, 0) is 169 Å². The molecule has 0 aromatic heterocycles. The molecule has 34 heteroatoms. The van der Waals surface area contributed by atoms with E-state index >= 15 is 0 Å². The second-order valence-corrected chi connectivity index (χ2v) is 38.7. The van der Waals surface area contributed by atoms with Gasteiger partial charge in [-0.2, -0.15) is 0 Å². The van der Waals surface area contributed by atoms with Crippen molar-refractivity contribution in [2.24, 2.45) is 0 Å². The Labute approximate surface area is 786 Å². The van der Waals surface area contributed by atoms with E-state index in [-0.39, 0.29) is 52.9 Å². The summed E-state index contributed by atoms with van der Waals surface area (Å²) in [7, 11) is 32.8. The number of carbonyl (C=O) groups is 3. The summed E-state index contributed by atoms with van der Waals surface area (Å²) < 4.78 is 3.34. The number of hydrogen-bond acceptors (Lipinski definition) is 25. The number of anilines is 13. The fraction of sp³-hybridized carbons (Fsp3) is 0.219. The largest absolute Gasteiger partial charge is 1.00 e. The predicted octanol–water partition coefficient (Wildman–Crippen LogP) is 18.5. The molecular weight excluding hydrogens is 1780 g/mol. The van der Waals surface area contributed by atoms with E-state index in [1.165, 1.54) is 137 Å². The molecule has 0 radical (unpaired) electrons. The van der Waals surface area contributed by atoms with Crippen LogP contribution in [0.2, 0.25) is 0 Å². The minimum absolute atomic E-state index is 0. The zero-order valence-electron chi connectivity index (χ0n) is 75.2. The van der Waals surface area contributed by atoms with Crippen molar-refractivity contribution in [2.45, 2.75) is 82.6 Å². The summed E-state index contributed by atoms with van der Waals surface area (Å²) >= 11 is 9.63. The number of fused-ring (bicyclic) bond motifs is 12. The molecule has 6 heterocycles. The molecule has 0 N–H and O–H groups in total. The van der Waals surface area contributed by atoms with Crippen LogP contribution >= 0.6 is 70.1 Å². The first-order valence-electron chi connectivity index (χ1n) is 40.6. The van der Waals surface area contributed by atoms with Crippen molar-refractivity contribution < 1.29 is 46.5 Å². The summed E-state index contributed by atoms with van der Waals surface area (Å²) in [6.07, 6.45) is 1.67. The lowest BCUT2D eigenvalue weighted by Gasteiger charge is -2.32. The molecule has 11 aromatic rings. The van der Waals surface area contributed by atoms with E-state index in [1.807, 2.05) is 92.4 Å². The lowest BCUT2D eigenvalue weighted by atomic mass is 10.0. The highest BCUT2D eigenvalue weighted by Gasteiger charge is 2.33. The van der Waals surface area contributed by atoms with Crippen molar-refractivity contribution in [3.63, 3.8) is 0 Å². The Balaban J connectivity index is 0.000000141. The third-order valence-corrected chi connectivity index (χ3v) is 28.2. The van der Waals surface area contributed by atoms with Crippen molar-refractivity contribution >= 4 is 195 Å². The average Bonchev–Trinajstić information content (AvgIpc) is 0.761. The topological polar surface area (TPSA) is 272 Å². The van der Waals surface area contributed by atoms with Gasteiger partial charge in [-0.1, -0.05) is 83.1 Å². The smallest absolute Gasteiger partial charge is 0.270 e. The number of aromatic nitrogens is 1. The molecule has 18 rings (SSSR count). The van der Waals surface area contributed by atoms with Gasteiger partial charge >= 0.3 is 0 Å². The number of nitrogens with zero attached hydrogens (tertiary/aromatic N) is 16. The molecule has 0 spiro atoms. The van der Waals surface area contributed by atoms with Crippen molar-refractivity contribution in [3.05, 3.63) is 286 Å². The molecule has 0 saturated heterocycles. The molecule has 1 aliphatic carbocycles. The molecule has 0 unspecified atom stereocenters. The lowest BCUT2D eigenvalue weighted by molar-refractivity contribution is -0.385. The van der Waals surface area contributed by atoms with Gasteiger partial charge in [-0.15, -0.1) is 11.3 Å². The maximum Gasteiger partial charge on any atom is 0.270 e. The van der Waals surface area contributed by atoms with Crippen molar-refractivity contribution in [3.8, 4) is 10.6 Å². The van der Waals surface area contributed by atoms with E-state index in [4.69, 9.17) is 4.98 Å². The standard InChI is InChI=1S/2C18H21N3OS.C17H20N2S.C16H18N3S.C14H9N3O5S.C13H8N2O4S.ClH/c2*1-12(22)21-15-8-6-13(19(2)3)10-17(15)23-18-11-14(20(4)5)7-9-16(18)21;1-18(2)14-7-5-12-9-13-6-8-15(19(3)4)11-17(13)20-16(12)10-14;1-18(2)11-5-7-13-15(9-11)20-16-10-12(19(3)4)6-8-14(16)17-13;1-8(18)15-11-4-2-9(16(19)20)6-13(11)23-14-7-10(17(21)22)3-5-12(14)15;16-14(17)10-3-1-8-5-9-2-4-11(15(18)19)7-13(9)20-12(8)6-10;/h2*6-11H,1-5H3;5-8,10-11H,9H2,1-4H3;5-10H,1-4H3;2-7H,1H3;1-4,6-7H,5H2;1H/q;;;+1;;;/p-1. The first-order valence-corrected chi connectivity index (χ1v) is 45.5. The van der Waals surface area contributed by atoms with Crippen LogP contribution < -0.4 is 71.3 Å². The zero-order chi connectivity index (χ0) is 93.0. The summed E-state index contributed by atoms with van der Waals surface area (Å²) in [5, 5.41) is 44.6. The van der Waals surface area contributed by atoms with Crippen LogP contribution in [-0.2, 0) is 27.2 Å². The Kier molecular flexibility index (Phi) is 30.2. The average molecular weight is 1880 g/mol. The Morgan fingerprint density at radius 2 is 0.546 bits per heavy atom. The summed E-state index contributed by atoms with van der Waals surface area (Å²) in [4.78, 5) is 113. The second kappa shape index (κ2) is 40.8. The molecule has 0 bridgehead atoms. The number of benzene rings is 12. The third kappa shape index (κ3) is 21.7. The van der Waals surface area contributed by atoms with Crippen LogP contribution in [0.15, 0.2) is 267 Å². The number of amides is 3. The molecule has 3 amide bonds. The van der Waals surface area contributed by atoms with Crippen LogP contribution in [-0.4, -0.2) is 155 Å². The number of nitro benzene ring substituents is 4. The highest BCUT2D eigenvalue weighted by atomic mass is 35.5. The van der Waals surface area contributed by atoms with Gasteiger partial charge in [0.1, 0.15) is 14.1 Å². The normalized spacial score (nSPS) is 12.1. The molecule has 0 fully saturated rings. The molecule has 11 aromatic carbocycles. The van der Waals surface area contributed by atoms with E-state index in [2.05, 4.69) is 217 Å². The Bertz CT molecular complexity index is 6240. The van der Waals surface area contributed by atoms with Crippen LogP contribution in [0.25, 0.3) is 20.8 Å². The van der Waals surface area contributed by atoms with Gasteiger partial charge in [0.05, 0.1) is 74.6 Å². The quantitative estimate of drug-likeness (QED) is 0.0503. The molecule has 130 heavy (non-hydrogen) atoms. The molecular formula is C96H97ClN16O11S6. The minimum Gasteiger partial charge on any atom is -1.00 e. The van der Waals surface area contributed by atoms with Gasteiger partial charge < -0.3 is 46.7 Å². The number of halogens is 1. The maximum atomic E-state index is 12.3. The van der Waals surface area contributed by atoms with Crippen molar-refractivity contribution in [1.29, 1.82) is 0 Å². The minimum atomic E-state index is -0.526. The van der Waals surface area contributed by atoms with Gasteiger partial charge in [-0.3, -0.25) is 69.5 Å². The third-order valence-electron chi connectivity index (χ3n) is 21.4. The Hall–Kier alpha value is -12.9. The number of non-ortho nitro benzene ring substituents is 4. The summed E-state index contributed by atoms with van der Waals surface area (Å²) in [6, 6.07) is 69.1. The predicted molar refractivity (Wildman–Crippen MR) is 529 cm³/mol. The van der Waals surface area contributed by atoms with Crippen molar-refractivity contribution in [1.82, 2.24) is 9.56 Å². The number of nitro groups is 4. The van der Waals surface area contributed by atoms with Gasteiger partial charge in [0.15, 0.2) is 0 Å². The maximum absolute atomic E-state index is 12.3. The van der Waals surface area contributed by atoms with Gasteiger partial charge in [-0.25, -0.2) is 9.56 Å². The van der Waals surface area contributed by atoms with Crippen LogP contribution in [0, 0.1) is 40.5 Å². The highest BCUT2D eigenvalue weighted by Crippen LogP contribution is 2.54. The summed E-state index contributed by atoms with van der Waals surface area (Å²) in [6.45, 7) is 4.60. The van der Waals surface area contributed by atoms with Crippen LogP contribution in [0.3, 0.4) is 0 Å². The Morgan fingerprint density at radius 3 is 0.838 bits per heavy atom. The summed E-state index contributed by atoms with van der Waals surface area (Å²) in [5.74, 6) is -0.221. The van der Waals surface area contributed by atoms with E-state index in [1.54, 1.807) is 70.6 Å². The van der Waals surface area contributed by atoms with E-state index < -0.39 is 19.7 Å². The monoisotopic (exact) mass is 1880 g/mol. The van der Waals surface area contributed by atoms with Gasteiger partial charge in [0.2, 0.25) is 23.1 Å². The second-order valence-electron chi connectivity index (χ2n) is 32.2. The molecule has 7 aliphatic rings. The first kappa shape index (κ1) is 96.2. The fourth-order valence-electron chi connectivity index (χ4n) is 14.4. The molecule has 6 aliphatic heterocycles. The molecule has 0 saturated carbocycles. The fourth-order valence-corrected chi connectivity index (χ4v) is 21.1.